The molecule has 1 aliphatic heterocycles. The van der Waals surface area contributed by atoms with E-state index in [4.69, 9.17) is 0 Å². The van der Waals surface area contributed by atoms with Crippen LogP contribution in [0.4, 0.5) is 11.4 Å². The van der Waals surface area contributed by atoms with Crippen LogP contribution >= 0.6 is 31.9 Å². The van der Waals surface area contributed by atoms with E-state index in [-0.39, 0.29) is 38.3 Å². The SMILES string of the molecule is O=C(c1ccccc1[N+](=O)[O-])N(Cc1ccccc1[N+](=O)[O-])N1C(=O)[C@@H]2[C@H]3C[C@@H]([C@H](Br)[C@H]3Br)[C@H]2C1=O. The summed E-state index contributed by atoms with van der Waals surface area (Å²) in [5.74, 6) is -3.67. The van der Waals surface area contributed by atoms with Crippen LogP contribution in [0.1, 0.15) is 22.3 Å². The minimum absolute atomic E-state index is 0.0324. The van der Waals surface area contributed by atoms with Crippen molar-refractivity contribution in [2.45, 2.75) is 22.6 Å². The highest BCUT2D eigenvalue weighted by Crippen LogP contribution is 2.60. The first-order valence-electron chi connectivity index (χ1n) is 11.1. The van der Waals surface area contributed by atoms with Gasteiger partial charge >= 0.3 is 0 Å². The number of benzene rings is 2. The highest BCUT2D eigenvalue weighted by molar-refractivity contribution is 9.12. The number of alkyl halides is 2. The van der Waals surface area contributed by atoms with Gasteiger partial charge < -0.3 is 0 Å². The van der Waals surface area contributed by atoms with Crippen molar-refractivity contribution in [1.29, 1.82) is 0 Å². The zero-order valence-electron chi connectivity index (χ0n) is 18.4. The molecule has 2 aliphatic carbocycles. The molecule has 6 atom stereocenters. The number of fused-ring (bicyclic) bond motifs is 5. The molecule has 1 saturated heterocycles. The zero-order valence-corrected chi connectivity index (χ0v) is 21.6. The number of rotatable bonds is 6. The molecule has 0 radical (unpaired) electrons. The third-order valence-electron chi connectivity index (χ3n) is 7.28. The van der Waals surface area contributed by atoms with Crippen molar-refractivity contribution < 1.29 is 24.2 Å². The lowest BCUT2D eigenvalue weighted by atomic mass is 9.81. The average molecular weight is 622 g/mol. The Labute approximate surface area is 221 Å². The third-order valence-corrected chi connectivity index (χ3v) is 10.5. The monoisotopic (exact) mass is 620 g/mol. The quantitative estimate of drug-likeness (QED) is 0.206. The number of hydrogen-bond donors (Lipinski definition) is 0. The molecule has 3 aliphatic rings. The molecule has 3 fully saturated rings. The van der Waals surface area contributed by atoms with E-state index in [9.17, 15) is 34.6 Å². The van der Waals surface area contributed by atoms with Crippen LogP contribution in [0.2, 0.25) is 0 Å². The largest absolute Gasteiger partial charge is 0.282 e. The van der Waals surface area contributed by atoms with E-state index in [0.29, 0.717) is 6.42 Å². The standard InChI is InChI=1S/C23H18Br2N4O7/c24-19-13-9-14(20(19)25)18-17(13)22(31)27(23(18)32)26(10-11-5-1-3-7-15(11)28(33)34)21(30)12-6-2-4-8-16(12)29(35)36/h1-8,13-14,17-20H,9-10H2/t13-,14-,17-,18-,19+,20+/m1/s1. The van der Waals surface area contributed by atoms with Gasteiger partial charge in [0.05, 0.1) is 33.8 Å². The Morgan fingerprint density at radius 2 is 1.39 bits per heavy atom. The summed E-state index contributed by atoms with van der Waals surface area (Å²) in [6.45, 7) is -0.496. The Morgan fingerprint density at radius 1 is 0.889 bits per heavy atom. The topological polar surface area (TPSA) is 144 Å². The summed E-state index contributed by atoms with van der Waals surface area (Å²) in [4.78, 5) is 62.9. The normalized spacial score (nSPS) is 28.3. The van der Waals surface area contributed by atoms with Crippen molar-refractivity contribution >= 4 is 61.0 Å². The van der Waals surface area contributed by atoms with Crippen LogP contribution in [-0.4, -0.2) is 47.2 Å². The predicted octanol–water partition coefficient (Wildman–Crippen LogP) is 3.84. The molecular formula is C23H18Br2N4O7. The van der Waals surface area contributed by atoms with Gasteiger partial charge in [0.2, 0.25) is 0 Å². The lowest BCUT2D eigenvalue weighted by Crippen LogP contribution is -2.50. The second-order valence-corrected chi connectivity index (χ2v) is 11.1. The Kier molecular flexibility index (Phi) is 6.15. The summed E-state index contributed by atoms with van der Waals surface area (Å²) < 4.78 is 0. The molecule has 11 nitrogen and oxygen atoms in total. The minimum Gasteiger partial charge on any atom is -0.272 e. The molecule has 0 N–H and O–H groups in total. The van der Waals surface area contributed by atoms with Gasteiger partial charge in [0.25, 0.3) is 29.1 Å². The Bertz CT molecular complexity index is 1290. The number of nitro benzene ring substituents is 2. The van der Waals surface area contributed by atoms with E-state index in [1.165, 1.54) is 42.5 Å². The number of nitrogens with zero attached hydrogens (tertiary/aromatic N) is 4. The molecule has 0 spiro atoms. The fraction of sp³-hybridized carbons (Fsp3) is 0.348. The van der Waals surface area contributed by atoms with Crippen molar-refractivity contribution in [1.82, 2.24) is 10.0 Å². The molecule has 13 heteroatoms. The second kappa shape index (κ2) is 9.04. The first-order valence-corrected chi connectivity index (χ1v) is 12.9. The Hall–Kier alpha value is -3.19. The highest BCUT2D eigenvalue weighted by Gasteiger charge is 2.67. The smallest absolute Gasteiger partial charge is 0.272 e. The van der Waals surface area contributed by atoms with Gasteiger partial charge in [0, 0.05) is 21.8 Å². The fourth-order valence-electron chi connectivity index (χ4n) is 5.74. The van der Waals surface area contributed by atoms with Crippen LogP contribution < -0.4 is 0 Å². The molecule has 2 aromatic rings. The van der Waals surface area contributed by atoms with Crippen molar-refractivity contribution in [3.05, 3.63) is 79.9 Å². The van der Waals surface area contributed by atoms with E-state index < -0.39 is 51.6 Å². The molecule has 0 aromatic heterocycles. The van der Waals surface area contributed by atoms with Crippen molar-refractivity contribution in [2.75, 3.05) is 0 Å². The summed E-state index contributed by atoms with van der Waals surface area (Å²) in [5, 5.41) is 24.8. The Balaban J connectivity index is 1.60. The van der Waals surface area contributed by atoms with Crippen molar-refractivity contribution in [3.8, 4) is 0 Å². The molecular weight excluding hydrogens is 604 g/mol. The number of hydrogen-bond acceptors (Lipinski definition) is 7. The number of carbonyl (C=O) groups excluding carboxylic acids is 3. The number of nitro groups is 2. The molecule has 3 amide bonds. The number of halogens is 2. The molecule has 2 saturated carbocycles. The van der Waals surface area contributed by atoms with E-state index in [1.54, 1.807) is 0 Å². The summed E-state index contributed by atoms with van der Waals surface area (Å²) in [5.41, 5.74) is -1.07. The average Bonchev–Trinajstić information content (AvgIpc) is 3.47. The lowest BCUT2D eigenvalue weighted by molar-refractivity contribution is -0.385. The van der Waals surface area contributed by atoms with Crippen LogP contribution in [0.15, 0.2) is 48.5 Å². The van der Waals surface area contributed by atoms with Gasteiger partial charge in [-0.25, -0.2) is 5.01 Å². The number of amides is 3. The molecule has 1 heterocycles. The zero-order chi connectivity index (χ0) is 25.9. The van der Waals surface area contributed by atoms with Crippen molar-refractivity contribution in [2.24, 2.45) is 23.7 Å². The summed E-state index contributed by atoms with van der Waals surface area (Å²) in [6.07, 6.45) is 0.675. The van der Waals surface area contributed by atoms with Gasteiger partial charge in [0.1, 0.15) is 5.56 Å². The first-order chi connectivity index (χ1) is 17.1. The number of imide groups is 1. The maximum atomic E-state index is 13.7. The Morgan fingerprint density at radius 3 is 1.94 bits per heavy atom. The summed E-state index contributed by atoms with van der Waals surface area (Å²) in [7, 11) is 0. The van der Waals surface area contributed by atoms with E-state index >= 15 is 0 Å². The third kappa shape index (κ3) is 3.63. The van der Waals surface area contributed by atoms with E-state index in [2.05, 4.69) is 31.9 Å². The van der Waals surface area contributed by atoms with Crippen LogP contribution in [0, 0.1) is 43.9 Å². The molecule has 186 valence electrons. The second-order valence-electron chi connectivity index (χ2n) is 9.01. The predicted molar refractivity (Wildman–Crippen MR) is 132 cm³/mol. The lowest BCUT2D eigenvalue weighted by Gasteiger charge is -2.31. The van der Waals surface area contributed by atoms with Gasteiger partial charge in [-0.1, -0.05) is 62.2 Å². The maximum Gasteiger partial charge on any atom is 0.282 e. The van der Waals surface area contributed by atoms with Crippen molar-refractivity contribution in [3.63, 3.8) is 0 Å². The number of hydrazine groups is 1. The minimum atomic E-state index is -0.972. The molecule has 2 bridgehead atoms. The highest BCUT2D eigenvalue weighted by atomic mass is 79.9. The first kappa shape index (κ1) is 24.5. The van der Waals surface area contributed by atoms with Gasteiger partial charge in [-0.15, -0.1) is 0 Å². The van der Waals surface area contributed by atoms with Crippen LogP contribution in [-0.2, 0) is 16.1 Å². The number of para-hydroxylation sites is 2. The molecule has 36 heavy (non-hydrogen) atoms. The molecule has 5 rings (SSSR count). The number of carbonyl (C=O) groups is 3. The molecule has 0 unspecified atom stereocenters. The van der Waals surface area contributed by atoms with E-state index in [0.717, 1.165) is 16.1 Å². The summed E-state index contributed by atoms with van der Waals surface area (Å²) in [6, 6.07) is 10.8. The van der Waals surface area contributed by atoms with Gasteiger partial charge in [-0.3, -0.25) is 34.6 Å². The maximum absolute atomic E-state index is 13.7. The van der Waals surface area contributed by atoms with E-state index in [1.807, 2.05) is 0 Å². The summed E-state index contributed by atoms with van der Waals surface area (Å²) >= 11 is 7.23. The van der Waals surface area contributed by atoms with Gasteiger partial charge in [-0.05, 0) is 24.3 Å². The molecule has 2 aromatic carbocycles. The fourth-order valence-corrected chi connectivity index (χ4v) is 7.61. The van der Waals surface area contributed by atoms with Crippen LogP contribution in [0.5, 0.6) is 0 Å². The van der Waals surface area contributed by atoms with Gasteiger partial charge in [-0.2, -0.15) is 5.01 Å². The van der Waals surface area contributed by atoms with Crippen LogP contribution in [0.25, 0.3) is 0 Å². The van der Waals surface area contributed by atoms with Gasteiger partial charge in [0.15, 0.2) is 0 Å². The van der Waals surface area contributed by atoms with Crippen LogP contribution in [0.3, 0.4) is 0 Å².